The molecule has 10 heavy (non-hydrogen) atoms. The van der Waals surface area contributed by atoms with Gasteiger partial charge in [0, 0.05) is 20.2 Å². The summed E-state index contributed by atoms with van der Waals surface area (Å²) in [5, 5.41) is 1.98. The van der Waals surface area contributed by atoms with E-state index in [0.717, 1.165) is 13.1 Å². The van der Waals surface area contributed by atoms with E-state index in [1.165, 1.54) is 19.3 Å². The summed E-state index contributed by atoms with van der Waals surface area (Å²) in [6, 6.07) is 0. The first-order valence-electron chi connectivity index (χ1n) is 3.80. The topological polar surface area (TPSA) is 21.7 Å². The number of hydrogen-bond acceptors (Lipinski definition) is 3. The second-order valence-electron chi connectivity index (χ2n) is 2.53. The first kappa shape index (κ1) is 7.98. The Labute approximate surface area is 61.9 Å². The molecular weight excluding hydrogens is 130 g/mol. The van der Waals surface area contributed by atoms with E-state index in [1.807, 2.05) is 5.06 Å². The average molecular weight is 145 g/mol. The Morgan fingerprint density at radius 2 is 1.90 bits per heavy atom. The molecule has 0 aromatic carbocycles. The summed E-state index contributed by atoms with van der Waals surface area (Å²) >= 11 is 0. The summed E-state index contributed by atoms with van der Waals surface area (Å²) in [5.41, 5.74) is 0. The van der Waals surface area contributed by atoms with Crippen molar-refractivity contribution in [1.82, 2.24) is 5.06 Å². The SMILES string of the molecule is COCON1CCCCC1. The minimum Gasteiger partial charge on any atom is -0.357 e. The second kappa shape index (κ2) is 4.66. The third-order valence-electron chi connectivity index (χ3n) is 1.67. The van der Waals surface area contributed by atoms with Crippen molar-refractivity contribution in [2.75, 3.05) is 27.0 Å². The maximum atomic E-state index is 5.24. The quantitative estimate of drug-likeness (QED) is 0.553. The van der Waals surface area contributed by atoms with Crippen molar-refractivity contribution < 1.29 is 9.57 Å². The van der Waals surface area contributed by atoms with Gasteiger partial charge in [-0.1, -0.05) is 6.42 Å². The van der Waals surface area contributed by atoms with Crippen molar-refractivity contribution in [2.45, 2.75) is 19.3 Å². The van der Waals surface area contributed by atoms with Crippen molar-refractivity contribution >= 4 is 0 Å². The van der Waals surface area contributed by atoms with Crippen molar-refractivity contribution in [3.05, 3.63) is 0 Å². The van der Waals surface area contributed by atoms with Gasteiger partial charge in [-0.2, -0.15) is 5.06 Å². The molecule has 0 aliphatic carbocycles. The molecule has 60 valence electrons. The van der Waals surface area contributed by atoms with Crippen molar-refractivity contribution in [1.29, 1.82) is 0 Å². The first-order valence-corrected chi connectivity index (χ1v) is 3.80. The first-order chi connectivity index (χ1) is 4.93. The van der Waals surface area contributed by atoms with Crippen molar-refractivity contribution in [3.63, 3.8) is 0 Å². The zero-order valence-corrected chi connectivity index (χ0v) is 6.51. The number of nitrogens with zero attached hydrogens (tertiary/aromatic N) is 1. The van der Waals surface area contributed by atoms with E-state index >= 15 is 0 Å². The lowest BCUT2D eigenvalue weighted by atomic mass is 10.2. The van der Waals surface area contributed by atoms with Crippen LogP contribution in [0.4, 0.5) is 0 Å². The van der Waals surface area contributed by atoms with Crippen LogP contribution < -0.4 is 0 Å². The molecule has 3 nitrogen and oxygen atoms in total. The lowest BCUT2D eigenvalue weighted by Gasteiger charge is -2.24. The van der Waals surface area contributed by atoms with E-state index in [0.29, 0.717) is 6.79 Å². The summed E-state index contributed by atoms with van der Waals surface area (Å²) in [4.78, 5) is 5.24. The van der Waals surface area contributed by atoms with Gasteiger partial charge in [0.2, 0.25) is 0 Å². The molecule has 0 atom stereocenters. The highest BCUT2D eigenvalue weighted by molar-refractivity contribution is 4.55. The minimum atomic E-state index is 0.389. The Bertz CT molecular complexity index is 81.7. The molecule has 1 saturated heterocycles. The van der Waals surface area contributed by atoms with Gasteiger partial charge in [0.1, 0.15) is 0 Å². The van der Waals surface area contributed by atoms with E-state index in [-0.39, 0.29) is 0 Å². The maximum Gasteiger partial charge on any atom is 0.166 e. The van der Waals surface area contributed by atoms with Gasteiger partial charge < -0.3 is 4.74 Å². The summed E-state index contributed by atoms with van der Waals surface area (Å²) in [5.74, 6) is 0. The van der Waals surface area contributed by atoms with Crippen LogP contribution in [0.3, 0.4) is 0 Å². The molecule has 0 unspecified atom stereocenters. The zero-order valence-electron chi connectivity index (χ0n) is 6.51. The molecule has 1 aliphatic heterocycles. The number of hydrogen-bond donors (Lipinski definition) is 0. The molecule has 0 aromatic rings. The molecule has 0 bridgehead atoms. The van der Waals surface area contributed by atoms with Crippen LogP contribution in [0.2, 0.25) is 0 Å². The van der Waals surface area contributed by atoms with Gasteiger partial charge in [0.05, 0.1) is 0 Å². The largest absolute Gasteiger partial charge is 0.357 e. The van der Waals surface area contributed by atoms with Crippen LogP contribution in [0.1, 0.15) is 19.3 Å². The van der Waals surface area contributed by atoms with E-state index in [2.05, 4.69) is 0 Å². The molecule has 0 aromatic heterocycles. The molecule has 0 saturated carbocycles. The van der Waals surface area contributed by atoms with Crippen LogP contribution in [0, 0.1) is 0 Å². The van der Waals surface area contributed by atoms with E-state index in [1.54, 1.807) is 7.11 Å². The van der Waals surface area contributed by atoms with Crippen molar-refractivity contribution in [2.24, 2.45) is 0 Å². The number of ether oxygens (including phenoxy) is 1. The molecule has 1 heterocycles. The van der Waals surface area contributed by atoms with Gasteiger partial charge in [0.25, 0.3) is 0 Å². The molecule has 0 N–H and O–H groups in total. The molecule has 0 amide bonds. The highest BCUT2D eigenvalue weighted by atomic mass is 16.8. The van der Waals surface area contributed by atoms with Crippen LogP contribution >= 0.6 is 0 Å². The van der Waals surface area contributed by atoms with Crippen molar-refractivity contribution in [3.8, 4) is 0 Å². The van der Waals surface area contributed by atoms with Gasteiger partial charge in [-0.25, -0.2) is 0 Å². The fourth-order valence-electron chi connectivity index (χ4n) is 1.12. The smallest absolute Gasteiger partial charge is 0.166 e. The Balaban J connectivity index is 2.02. The summed E-state index contributed by atoms with van der Waals surface area (Å²) in [7, 11) is 1.64. The fraction of sp³-hybridized carbons (Fsp3) is 1.00. The summed E-state index contributed by atoms with van der Waals surface area (Å²) < 4.78 is 4.78. The predicted molar refractivity (Wildman–Crippen MR) is 38.4 cm³/mol. The number of piperidine rings is 1. The van der Waals surface area contributed by atoms with Crippen LogP contribution in [0.25, 0.3) is 0 Å². The average Bonchev–Trinajstić information content (AvgIpc) is 2.03. The third kappa shape index (κ3) is 2.64. The highest BCUT2D eigenvalue weighted by Gasteiger charge is 2.09. The predicted octanol–water partition coefficient (Wildman–Crippen LogP) is 1.01. The molecule has 0 spiro atoms. The molecule has 0 radical (unpaired) electrons. The second-order valence-corrected chi connectivity index (χ2v) is 2.53. The zero-order chi connectivity index (χ0) is 7.23. The number of hydroxylamine groups is 2. The lowest BCUT2D eigenvalue weighted by Crippen LogP contribution is -2.30. The Morgan fingerprint density at radius 1 is 1.20 bits per heavy atom. The molecule has 1 rings (SSSR count). The van der Waals surface area contributed by atoms with Gasteiger partial charge >= 0.3 is 0 Å². The lowest BCUT2D eigenvalue weighted by molar-refractivity contribution is -0.223. The van der Waals surface area contributed by atoms with E-state index in [4.69, 9.17) is 9.57 Å². The minimum absolute atomic E-state index is 0.389. The maximum absolute atomic E-state index is 5.24. The van der Waals surface area contributed by atoms with E-state index < -0.39 is 0 Å². The van der Waals surface area contributed by atoms with Crippen LogP contribution in [0.5, 0.6) is 0 Å². The Hall–Kier alpha value is -0.120. The molecule has 1 aliphatic rings. The number of methoxy groups -OCH3 is 1. The highest BCUT2D eigenvalue weighted by Crippen LogP contribution is 2.08. The number of rotatable bonds is 3. The standard InChI is InChI=1S/C7H15NO2/c1-9-7-10-8-5-3-2-4-6-8/h2-7H2,1H3. The Morgan fingerprint density at radius 3 is 2.50 bits per heavy atom. The molecular formula is C7H15NO2. The third-order valence-corrected chi connectivity index (χ3v) is 1.67. The van der Waals surface area contributed by atoms with Crippen LogP contribution in [-0.4, -0.2) is 32.1 Å². The summed E-state index contributed by atoms with van der Waals surface area (Å²) in [6.07, 6.45) is 3.85. The molecule has 1 fully saturated rings. The molecule has 3 heteroatoms. The summed E-state index contributed by atoms with van der Waals surface area (Å²) in [6.45, 7) is 2.51. The van der Waals surface area contributed by atoms with Crippen LogP contribution in [-0.2, 0) is 9.57 Å². The Kier molecular flexibility index (Phi) is 3.72. The van der Waals surface area contributed by atoms with Crippen LogP contribution in [0.15, 0.2) is 0 Å². The van der Waals surface area contributed by atoms with Gasteiger partial charge in [0.15, 0.2) is 6.79 Å². The normalized spacial score (nSPS) is 21.3. The van der Waals surface area contributed by atoms with Gasteiger partial charge in [-0.3, -0.25) is 4.84 Å². The van der Waals surface area contributed by atoms with E-state index in [9.17, 15) is 0 Å². The van der Waals surface area contributed by atoms with Gasteiger partial charge in [-0.05, 0) is 12.8 Å². The van der Waals surface area contributed by atoms with Gasteiger partial charge in [-0.15, -0.1) is 0 Å². The monoisotopic (exact) mass is 145 g/mol. The fourth-order valence-corrected chi connectivity index (χ4v) is 1.12.